The second-order valence-corrected chi connectivity index (χ2v) is 2.62. The summed E-state index contributed by atoms with van der Waals surface area (Å²) >= 11 is 0. The largest absolute Gasteiger partial charge is 0.298 e. The van der Waals surface area contributed by atoms with Gasteiger partial charge in [-0.05, 0) is 11.6 Å². The van der Waals surface area contributed by atoms with Crippen LogP contribution in [0, 0.1) is 10.1 Å². The maximum absolute atomic E-state index is 10.5. The minimum absolute atomic E-state index is 0.107. The van der Waals surface area contributed by atoms with Crippen molar-refractivity contribution in [3.8, 4) is 0 Å². The normalized spacial score (nSPS) is 9.44. The number of nitro groups is 1. The van der Waals surface area contributed by atoms with Crippen LogP contribution in [0.1, 0.15) is 29.8 Å². The predicted octanol–water partition coefficient (Wildman–Crippen LogP) is 2.48. The first-order valence-corrected chi connectivity index (χ1v) is 4.84. The molecular weight excluding hydrogens is 208 g/mol. The van der Waals surface area contributed by atoms with E-state index in [4.69, 9.17) is 0 Å². The number of carbonyl (C=O) groups excluding carboxylic acids is 1. The monoisotopic (exact) mass is 222 g/mol. The van der Waals surface area contributed by atoms with Crippen molar-refractivity contribution in [1.82, 2.24) is 0 Å². The Balaban J connectivity index is 0.00000106. The number of nitrogens with zero attached hydrogens (tertiary/aromatic N) is 2. The lowest BCUT2D eigenvalue weighted by molar-refractivity contribution is -0.384. The standard InChI is InChI=1S/C9H8N2O3.C2H6/c1-10-5-7-2-8(6-12)4-9(3-7)11(13)14;1-2/h2-6H,1H3;1-2H3. The van der Waals surface area contributed by atoms with Crippen molar-refractivity contribution in [2.24, 2.45) is 4.99 Å². The summed E-state index contributed by atoms with van der Waals surface area (Å²) < 4.78 is 0. The van der Waals surface area contributed by atoms with Gasteiger partial charge in [0.25, 0.3) is 5.69 Å². The van der Waals surface area contributed by atoms with Crippen LogP contribution >= 0.6 is 0 Å². The van der Waals surface area contributed by atoms with Crippen molar-refractivity contribution in [2.45, 2.75) is 13.8 Å². The molecule has 0 saturated carbocycles. The Bertz CT molecular complexity index is 400. The zero-order valence-electron chi connectivity index (χ0n) is 9.51. The minimum atomic E-state index is -0.542. The van der Waals surface area contributed by atoms with Crippen molar-refractivity contribution < 1.29 is 9.72 Å². The Morgan fingerprint density at radius 2 is 1.81 bits per heavy atom. The van der Waals surface area contributed by atoms with Crippen LogP contribution in [0.5, 0.6) is 0 Å². The zero-order chi connectivity index (χ0) is 12.6. The third-order valence-corrected chi connectivity index (χ3v) is 1.59. The highest BCUT2D eigenvalue weighted by atomic mass is 16.6. The first-order valence-electron chi connectivity index (χ1n) is 4.84. The van der Waals surface area contributed by atoms with E-state index in [9.17, 15) is 14.9 Å². The van der Waals surface area contributed by atoms with Crippen LogP contribution in [0.15, 0.2) is 23.2 Å². The molecule has 0 heterocycles. The number of aliphatic imine (C=N–C) groups is 1. The molecule has 0 spiro atoms. The van der Waals surface area contributed by atoms with E-state index >= 15 is 0 Å². The van der Waals surface area contributed by atoms with Crippen molar-refractivity contribution in [3.63, 3.8) is 0 Å². The summed E-state index contributed by atoms with van der Waals surface area (Å²) in [5.41, 5.74) is 0.711. The summed E-state index contributed by atoms with van der Waals surface area (Å²) in [5, 5.41) is 10.5. The fraction of sp³-hybridized carbons (Fsp3) is 0.273. The first kappa shape index (κ1) is 14.0. The van der Waals surface area contributed by atoms with Crippen LogP contribution in [0.3, 0.4) is 0 Å². The number of rotatable bonds is 3. The molecule has 0 amide bonds. The molecule has 0 aliphatic rings. The summed E-state index contributed by atoms with van der Waals surface area (Å²) in [6, 6.07) is 4.12. The molecule has 5 heteroatoms. The maximum atomic E-state index is 10.5. The van der Waals surface area contributed by atoms with Crippen LogP contribution < -0.4 is 0 Å². The van der Waals surface area contributed by atoms with Gasteiger partial charge in [0.15, 0.2) is 0 Å². The lowest BCUT2D eigenvalue weighted by atomic mass is 10.1. The Labute approximate surface area is 94.0 Å². The lowest BCUT2D eigenvalue weighted by Crippen LogP contribution is -1.93. The first-order chi connectivity index (χ1) is 7.67. The van der Waals surface area contributed by atoms with Gasteiger partial charge < -0.3 is 0 Å². The number of carbonyl (C=O) groups is 1. The molecular formula is C11H14N2O3. The maximum Gasteiger partial charge on any atom is 0.270 e. The van der Waals surface area contributed by atoms with Crippen molar-refractivity contribution in [1.29, 1.82) is 0 Å². The molecule has 0 fully saturated rings. The molecule has 1 rings (SSSR count). The van der Waals surface area contributed by atoms with E-state index in [1.54, 1.807) is 7.05 Å². The van der Waals surface area contributed by atoms with Gasteiger partial charge in [-0.15, -0.1) is 0 Å². The van der Waals surface area contributed by atoms with Gasteiger partial charge in [0.2, 0.25) is 0 Å². The van der Waals surface area contributed by atoms with E-state index in [0.717, 1.165) is 0 Å². The molecule has 5 nitrogen and oxygen atoms in total. The fourth-order valence-corrected chi connectivity index (χ4v) is 1.06. The van der Waals surface area contributed by atoms with Gasteiger partial charge >= 0.3 is 0 Å². The van der Waals surface area contributed by atoms with E-state index in [1.165, 1.54) is 24.4 Å². The average molecular weight is 222 g/mol. The number of hydrogen-bond donors (Lipinski definition) is 0. The van der Waals surface area contributed by atoms with Gasteiger partial charge in [-0.25, -0.2) is 0 Å². The van der Waals surface area contributed by atoms with Gasteiger partial charge in [-0.2, -0.15) is 0 Å². The average Bonchev–Trinajstić information content (AvgIpc) is 2.31. The molecule has 1 aromatic carbocycles. The molecule has 0 unspecified atom stereocenters. The molecule has 1 aromatic rings. The lowest BCUT2D eigenvalue weighted by Gasteiger charge is -1.96. The summed E-state index contributed by atoms with van der Waals surface area (Å²) in [4.78, 5) is 24.1. The van der Waals surface area contributed by atoms with Crippen LogP contribution in [-0.2, 0) is 0 Å². The third kappa shape index (κ3) is 4.00. The van der Waals surface area contributed by atoms with E-state index in [0.29, 0.717) is 11.8 Å². The highest BCUT2D eigenvalue weighted by molar-refractivity contribution is 5.85. The number of aldehydes is 1. The van der Waals surface area contributed by atoms with Crippen molar-refractivity contribution in [3.05, 3.63) is 39.4 Å². The van der Waals surface area contributed by atoms with Crippen LogP contribution in [0.2, 0.25) is 0 Å². The molecule has 0 atom stereocenters. The predicted molar refractivity (Wildman–Crippen MR) is 63.3 cm³/mol. The summed E-state index contributed by atoms with van der Waals surface area (Å²) in [7, 11) is 1.55. The van der Waals surface area contributed by atoms with Gasteiger partial charge in [0.1, 0.15) is 6.29 Å². The molecule has 0 radical (unpaired) electrons. The molecule has 0 aromatic heterocycles. The topological polar surface area (TPSA) is 72.6 Å². The molecule has 86 valence electrons. The van der Waals surface area contributed by atoms with E-state index in [2.05, 4.69) is 4.99 Å². The smallest absolute Gasteiger partial charge is 0.270 e. The summed E-state index contributed by atoms with van der Waals surface area (Å²) in [5.74, 6) is 0. The highest BCUT2D eigenvalue weighted by Gasteiger charge is 2.07. The molecule has 0 saturated heterocycles. The molecule has 0 aliphatic carbocycles. The molecule has 0 aliphatic heterocycles. The molecule has 0 bridgehead atoms. The van der Waals surface area contributed by atoms with Crippen LogP contribution in [0.25, 0.3) is 0 Å². The molecule has 0 N–H and O–H groups in total. The highest BCUT2D eigenvalue weighted by Crippen LogP contribution is 2.14. The van der Waals surface area contributed by atoms with Crippen molar-refractivity contribution >= 4 is 18.2 Å². The zero-order valence-corrected chi connectivity index (χ0v) is 9.51. The second-order valence-electron chi connectivity index (χ2n) is 2.62. The Hall–Kier alpha value is -2.04. The van der Waals surface area contributed by atoms with Gasteiger partial charge in [-0.3, -0.25) is 19.9 Å². The Morgan fingerprint density at radius 1 is 1.25 bits per heavy atom. The van der Waals surface area contributed by atoms with Gasteiger partial charge in [-0.1, -0.05) is 13.8 Å². The Kier molecular flexibility index (Phi) is 6.35. The number of hydrogen-bond acceptors (Lipinski definition) is 4. The number of nitro benzene ring substituents is 1. The van der Waals surface area contributed by atoms with E-state index in [-0.39, 0.29) is 11.3 Å². The summed E-state index contributed by atoms with van der Waals surface area (Å²) in [6.45, 7) is 4.00. The van der Waals surface area contributed by atoms with Crippen LogP contribution in [0.4, 0.5) is 5.69 Å². The van der Waals surface area contributed by atoms with Gasteiger partial charge in [0, 0.05) is 31.0 Å². The summed E-state index contributed by atoms with van der Waals surface area (Å²) in [6.07, 6.45) is 2.03. The van der Waals surface area contributed by atoms with Crippen LogP contribution in [-0.4, -0.2) is 24.5 Å². The SMILES string of the molecule is CC.CN=Cc1cc(C=O)cc([N+](=O)[O-])c1. The van der Waals surface area contributed by atoms with Gasteiger partial charge in [0.05, 0.1) is 4.92 Å². The van der Waals surface area contributed by atoms with E-state index in [1.807, 2.05) is 13.8 Å². The molecule has 16 heavy (non-hydrogen) atoms. The number of non-ortho nitro benzene ring substituents is 1. The second kappa shape index (κ2) is 7.28. The quantitative estimate of drug-likeness (QED) is 0.341. The Morgan fingerprint density at radius 3 is 2.25 bits per heavy atom. The van der Waals surface area contributed by atoms with Crippen molar-refractivity contribution in [2.75, 3.05) is 7.05 Å². The van der Waals surface area contributed by atoms with E-state index < -0.39 is 4.92 Å². The fourth-order valence-electron chi connectivity index (χ4n) is 1.06. The third-order valence-electron chi connectivity index (χ3n) is 1.59. The minimum Gasteiger partial charge on any atom is -0.298 e. The number of benzene rings is 1.